The standard InChI is InChI=1S/C22H36N6S/c1-17-9-8-14-28(16-17)20-15-19(27-12-6-3-7-13-27)24-21(25-20)26-22(29)23-18-10-4-2-5-11-18/h15,17-18H,2-14,16H2,1H3,(H2,23,24,25,26,29)/t17-/m0/s1. The molecule has 3 fully saturated rings. The number of hydrogen-bond acceptors (Lipinski definition) is 5. The molecule has 1 saturated carbocycles. The molecule has 2 aliphatic heterocycles. The van der Waals surface area contributed by atoms with Crippen molar-refractivity contribution >= 4 is 34.9 Å². The van der Waals surface area contributed by atoms with Crippen molar-refractivity contribution in [3.63, 3.8) is 0 Å². The summed E-state index contributed by atoms with van der Waals surface area (Å²) in [5, 5.41) is 7.45. The van der Waals surface area contributed by atoms with Crippen molar-refractivity contribution in [3.8, 4) is 0 Å². The van der Waals surface area contributed by atoms with Gasteiger partial charge in [-0.1, -0.05) is 26.2 Å². The minimum atomic E-state index is 0.483. The molecule has 1 aromatic rings. The van der Waals surface area contributed by atoms with E-state index >= 15 is 0 Å². The van der Waals surface area contributed by atoms with Crippen LogP contribution < -0.4 is 20.4 Å². The second-order valence-corrected chi connectivity index (χ2v) is 9.49. The van der Waals surface area contributed by atoms with Crippen LogP contribution in [-0.2, 0) is 0 Å². The quantitative estimate of drug-likeness (QED) is 0.709. The van der Waals surface area contributed by atoms with Gasteiger partial charge in [-0.25, -0.2) is 0 Å². The molecular formula is C22H36N6S. The lowest BCUT2D eigenvalue weighted by atomic mass is 9.96. The lowest BCUT2D eigenvalue weighted by Crippen LogP contribution is -2.39. The summed E-state index contributed by atoms with van der Waals surface area (Å²) < 4.78 is 0. The van der Waals surface area contributed by atoms with Crippen molar-refractivity contribution in [1.82, 2.24) is 15.3 Å². The first-order valence-electron chi connectivity index (χ1n) is 11.6. The van der Waals surface area contributed by atoms with E-state index in [1.807, 2.05) is 0 Å². The van der Waals surface area contributed by atoms with Crippen molar-refractivity contribution in [1.29, 1.82) is 0 Å². The highest BCUT2D eigenvalue weighted by atomic mass is 32.1. The number of rotatable bonds is 4. The molecule has 2 saturated heterocycles. The molecule has 0 spiro atoms. The first kappa shape index (κ1) is 20.6. The Morgan fingerprint density at radius 2 is 1.55 bits per heavy atom. The molecule has 160 valence electrons. The molecule has 1 aliphatic carbocycles. The number of anilines is 3. The van der Waals surface area contributed by atoms with Gasteiger partial charge in [0.2, 0.25) is 5.95 Å². The molecule has 1 aromatic heterocycles. The average Bonchev–Trinajstić information content (AvgIpc) is 2.75. The van der Waals surface area contributed by atoms with E-state index in [2.05, 4.69) is 33.4 Å². The lowest BCUT2D eigenvalue weighted by molar-refractivity contribution is 0.414. The highest BCUT2D eigenvalue weighted by Crippen LogP contribution is 2.27. The second-order valence-electron chi connectivity index (χ2n) is 9.08. The Kier molecular flexibility index (Phi) is 7.06. The Hall–Kier alpha value is -1.63. The number of hydrogen-bond donors (Lipinski definition) is 2. The van der Waals surface area contributed by atoms with E-state index in [9.17, 15) is 0 Å². The first-order chi connectivity index (χ1) is 14.2. The Labute approximate surface area is 180 Å². The summed E-state index contributed by atoms with van der Waals surface area (Å²) in [6.45, 7) is 6.64. The molecule has 0 unspecified atom stereocenters. The highest BCUT2D eigenvalue weighted by molar-refractivity contribution is 7.80. The minimum Gasteiger partial charge on any atom is -0.360 e. The van der Waals surface area contributed by atoms with E-state index in [0.29, 0.717) is 23.0 Å². The Balaban J connectivity index is 1.51. The summed E-state index contributed by atoms with van der Waals surface area (Å²) in [6, 6.07) is 2.67. The van der Waals surface area contributed by atoms with Gasteiger partial charge in [-0.2, -0.15) is 9.97 Å². The Morgan fingerprint density at radius 3 is 2.28 bits per heavy atom. The van der Waals surface area contributed by atoms with E-state index < -0.39 is 0 Å². The van der Waals surface area contributed by atoms with E-state index in [1.165, 1.54) is 64.2 Å². The molecule has 4 rings (SSSR count). The molecule has 3 aliphatic rings. The summed E-state index contributed by atoms with van der Waals surface area (Å²) >= 11 is 5.61. The maximum atomic E-state index is 5.61. The van der Waals surface area contributed by atoms with Crippen molar-refractivity contribution in [3.05, 3.63) is 6.07 Å². The van der Waals surface area contributed by atoms with Crippen molar-refractivity contribution in [2.75, 3.05) is 41.3 Å². The molecule has 0 amide bonds. The monoisotopic (exact) mass is 416 g/mol. The third-order valence-electron chi connectivity index (χ3n) is 6.53. The zero-order chi connectivity index (χ0) is 20.1. The second kappa shape index (κ2) is 9.92. The fraction of sp³-hybridized carbons (Fsp3) is 0.773. The average molecular weight is 417 g/mol. The van der Waals surface area contributed by atoms with E-state index in [1.54, 1.807) is 0 Å². The molecular weight excluding hydrogens is 380 g/mol. The molecule has 7 heteroatoms. The molecule has 6 nitrogen and oxygen atoms in total. The van der Waals surface area contributed by atoms with E-state index in [0.717, 1.165) is 37.8 Å². The summed E-state index contributed by atoms with van der Waals surface area (Å²) in [6.07, 6.45) is 12.7. The van der Waals surface area contributed by atoms with Gasteiger partial charge >= 0.3 is 0 Å². The Morgan fingerprint density at radius 1 is 0.897 bits per heavy atom. The third kappa shape index (κ3) is 5.71. The smallest absolute Gasteiger partial charge is 0.232 e. The fourth-order valence-corrected chi connectivity index (χ4v) is 5.15. The van der Waals surface area contributed by atoms with Gasteiger partial charge < -0.3 is 20.4 Å². The lowest BCUT2D eigenvalue weighted by Gasteiger charge is -2.33. The molecule has 0 radical (unpaired) electrons. The van der Waals surface area contributed by atoms with E-state index in [4.69, 9.17) is 22.2 Å². The number of aromatic nitrogens is 2. The van der Waals surface area contributed by atoms with Crippen LogP contribution in [0.15, 0.2) is 6.07 Å². The largest absolute Gasteiger partial charge is 0.360 e. The van der Waals surface area contributed by atoms with Gasteiger partial charge in [-0.15, -0.1) is 0 Å². The zero-order valence-electron chi connectivity index (χ0n) is 17.8. The van der Waals surface area contributed by atoms with Gasteiger partial charge in [0.05, 0.1) is 0 Å². The molecule has 29 heavy (non-hydrogen) atoms. The number of nitrogens with zero attached hydrogens (tertiary/aromatic N) is 4. The SMILES string of the molecule is C[C@H]1CCCN(c2cc(N3CCCCC3)nc(NC(=S)NC3CCCCC3)n2)C1. The summed E-state index contributed by atoms with van der Waals surface area (Å²) in [7, 11) is 0. The zero-order valence-corrected chi connectivity index (χ0v) is 18.6. The van der Waals surface area contributed by atoms with Crippen LogP contribution in [0.1, 0.15) is 71.1 Å². The maximum Gasteiger partial charge on any atom is 0.232 e. The van der Waals surface area contributed by atoms with Crippen LogP contribution in [0.25, 0.3) is 0 Å². The van der Waals surface area contributed by atoms with Gasteiger partial charge in [0.25, 0.3) is 0 Å². The molecule has 0 aromatic carbocycles. The highest BCUT2D eigenvalue weighted by Gasteiger charge is 2.22. The normalized spacial score (nSPS) is 23.7. The fourth-order valence-electron chi connectivity index (χ4n) is 4.89. The van der Waals surface area contributed by atoms with Crippen LogP contribution in [0.2, 0.25) is 0 Å². The van der Waals surface area contributed by atoms with Crippen molar-refractivity contribution in [2.24, 2.45) is 5.92 Å². The summed E-state index contributed by atoms with van der Waals surface area (Å²) in [5.74, 6) is 3.42. The number of nitrogens with one attached hydrogen (secondary N) is 2. The van der Waals surface area contributed by atoms with Gasteiger partial charge in [0.15, 0.2) is 5.11 Å². The number of thiocarbonyl (C=S) groups is 1. The van der Waals surface area contributed by atoms with Gasteiger partial charge in [-0.05, 0) is 63.1 Å². The molecule has 2 N–H and O–H groups in total. The predicted molar refractivity (Wildman–Crippen MR) is 125 cm³/mol. The van der Waals surface area contributed by atoms with Crippen molar-refractivity contribution < 1.29 is 0 Å². The van der Waals surface area contributed by atoms with Gasteiger partial charge in [0, 0.05) is 38.3 Å². The van der Waals surface area contributed by atoms with Crippen LogP contribution in [0, 0.1) is 5.92 Å². The van der Waals surface area contributed by atoms with Crippen LogP contribution in [0.5, 0.6) is 0 Å². The summed E-state index contributed by atoms with van der Waals surface area (Å²) in [5.41, 5.74) is 0. The van der Waals surface area contributed by atoms with Gasteiger partial charge in [0.1, 0.15) is 11.6 Å². The van der Waals surface area contributed by atoms with Crippen LogP contribution in [0.3, 0.4) is 0 Å². The molecule has 1 atom stereocenters. The van der Waals surface area contributed by atoms with Crippen LogP contribution >= 0.6 is 12.2 Å². The number of piperidine rings is 2. The van der Waals surface area contributed by atoms with E-state index in [-0.39, 0.29) is 0 Å². The third-order valence-corrected chi connectivity index (χ3v) is 6.75. The molecule has 0 bridgehead atoms. The van der Waals surface area contributed by atoms with Crippen LogP contribution in [0.4, 0.5) is 17.6 Å². The van der Waals surface area contributed by atoms with Crippen LogP contribution in [-0.4, -0.2) is 47.3 Å². The molecule has 3 heterocycles. The Bertz CT molecular complexity index is 684. The van der Waals surface area contributed by atoms with Gasteiger partial charge in [-0.3, -0.25) is 0 Å². The first-order valence-corrected chi connectivity index (χ1v) is 12.0. The summed E-state index contributed by atoms with van der Waals surface area (Å²) in [4.78, 5) is 14.6. The topological polar surface area (TPSA) is 56.3 Å². The minimum absolute atomic E-state index is 0.483. The maximum absolute atomic E-state index is 5.61. The predicted octanol–water partition coefficient (Wildman–Crippen LogP) is 4.32. The van der Waals surface area contributed by atoms with Crippen molar-refractivity contribution in [2.45, 2.75) is 77.2 Å².